The van der Waals surface area contributed by atoms with Crippen molar-refractivity contribution in [2.75, 3.05) is 32.7 Å². The Morgan fingerprint density at radius 2 is 1.61 bits per heavy atom. The van der Waals surface area contributed by atoms with E-state index >= 15 is 0 Å². The van der Waals surface area contributed by atoms with Gasteiger partial charge >= 0.3 is 0 Å². The van der Waals surface area contributed by atoms with E-state index in [9.17, 15) is 22.8 Å². The van der Waals surface area contributed by atoms with Crippen LogP contribution in [0.3, 0.4) is 0 Å². The maximum Gasteiger partial charge on any atom is 0.248 e. The average Bonchev–Trinajstić information content (AvgIpc) is 3.23. The highest BCUT2D eigenvalue weighted by Gasteiger charge is 2.48. The number of hydrogen-bond donors (Lipinski definition) is 0. The minimum absolute atomic E-state index is 0.0630. The first-order valence-corrected chi connectivity index (χ1v) is 12.2. The van der Waals surface area contributed by atoms with Crippen LogP contribution in [-0.2, 0) is 24.4 Å². The number of amides is 3. The molecule has 0 bridgehead atoms. The van der Waals surface area contributed by atoms with Crippen LogP contribution in [0.4, 0.5) is 0 Å². The lowest BCUT2D eigenvalue weighted by Crippen LogP contribution is -2.51. The number of sulfonamides is 1. The number of fused-ring (bicyclic) bond motifs is 1. The smallest absolute Gasteiger partial charge is 0.248 e. The number of aromatic nitrogens is 1. The van der Waals surface area contributed by atoms with Gasteiger partial charge in [0.1, 0.15) is 10.6 Å². The monoisotopic (exact) mass is 452 g/mol. The van der Waals surface area contributed by atoms with Crippen molar-refractivity contribution in [3.05, 3.63) is 11.5 Å². The highest BCUT2D eigenvalue weighted by atomic mass is 32.2. The van der Waals surface area contributed by atoms with Crippen molar-refractivity contribution in [3.8, 4) is 0 Å². The fourth-order valence-electron chi connectivity index (χ4n) is 4.97. The van der Waals surface area contributed by atoms with Crippen LogP contribution in [0.1, 0.15) is 43.6 Å². The molecule has 3 fully saturated rings. The SMILES string of the molecule is Cc1noc(C)c1S(=O)(=O)N1CCN(C(=O)CCN2C(=O)C3CCCCC3C2=O)CC1. The zero-order chi connectivity index (χ0) is 22.3. The summed E-state index contributed by atoms with van der Waals surface area (Å²) in [7, 11) is -3.74. The third-order valence-electron chi connectivity index (χ3n) is 6.64. The number of piperazine rings is 1. The van der Waals surface area contributed by atoms with E-state index in [4.69, 9.17) is 4.52 Å². The summed E-state index contributed by atoms with van der Waals surface area (Å²) in [4.78, 5) is 40.7. The molecule has 0 radical (unpaired) electrons. The lowest BCUT2D eigenvalue weighted by Gasteiger charge is -2.34. The summed E-state index contributed by atoms with van der Waals surface area (Å²) >= 11 is 0. The summed E-state index contributed by atoms with van der Waals surface area (Å²) in [5.74, 6) is -0.638. The van der Waals surface area contributed by atoms with E-state index in [0.717, 1.165) is 25.7 Å². The van der Waals surface area contributed by atoms with Gasteiger partial charge < -0.3 is 9.42 Å². The number of imide groups is 1. The highest BCUT2D eigenvalue weighted by Crippen LogP contribution is 2.38. The molecule has 2 aliphatic heterocycles. The zero-order valence-corrected chi connectivity index (χ0v) is 18.7. The van der Waals surface area contributed by atoms with Crippen LogP contribution in [0.15, 0.2) is 9.42 Å². The van der Waals surface area contributed by atoms with Crippen LogP contribution in [0, 0.1) is 25.7 Å². The van der Waals surface area contributed by atoms with Crippen LogP contribution >= 0.6 is 0 Å². The van der Waals surface area contributed by atoms with Gasteiger partial charge in [-0.15, -0.1) is 0 Å². The molecule has 3 amide bonds. The molecule has 2 saturated heterocycles. The second-order valence-corrected chi connectivity index (χ2v) is 10.4. The Balaban J connectivity index is 1.32. The van der Waals surface area contributed by atoms with Crippen LogP contribution < -0.4 is 0 Å². The van der Waals surface area contributed by atoms with Crippen molar-refractivity contribution in [1.29, 1.82) is 0 Å². The zero-order valence-electron chi connectivity index (χ0n) is 17.9. The first-order chi connectivity index (χ1) is 14.7. The molecule has 0 N–H and O–H groups in total. The van der Waals surface area contributed by atoms with Crippen molar-refractivity contribution in [2.24, 2.45) is 11.8 Å². The number of rotatable bonds is 5. The highest BCUT2D eigenvalue weighted by molar-refractivity contribution is 7.89. The average molecular weight is 453 g/mol. The number of likely N-dealkylation sites (tertiary alicyclic amines) is 1. The van der Waals surface area contributed by atoms with Gasteiger partial charge in [0.2, 0.25) is 27.7 Å². The molecule has 1 aromatic rings. The molecule has 11 heteroatoms. The predicted molar refractivity (Wildman–Crippen MR) is 108 cm³/mol. The lowest BCUT2D eigenvalue weighted by molar-refractivity contribution is -0.141. The predicted octanol–water partition coefficient (Wildman–Crippen LogP) is 0.690. The molecule has 2 atom stereocenters. The van der Waals surface area contributed by atoms with Crippen molar-refractivity contribution in [1.82, 2.24) is 19.3 Å². The molecule has 170 valence electrons. The van der Waals surface area contributed by atoms with E-state index in [1.165, 1.54) is 9.21 Å². The van der Waals surface area contributed by atoms with E-state index < -0.39 is 10.0 Å². The number of aryl methyl sites for hydroxylation is 2. The van der Waals surface area contributed by atoms with E-state index in [-0.39, 0.29) is 79.4 Å². The van der Waals surface area contributed by atoms with Gasteiger partial charge in [-0.3, -0.25) is 19.3 Å². The van der Waals surface area contributed by atoms with E-state index in [1.54, 1.807) is 18.7 Å². The Kier molecular flexibility index (Phi) is 5.91. The van der Waals surface area contributed by atoms with Gasteiger partial charge in [-0.1, -0.05) is 18.0 Å². The summed E-state index contributed by atoms with van der Waals surface area (Å²) in [6.07, 6.45) is 3.50. The van der Waals surface area contributed by atoms with Crippen LogP contribution in [-0.4, -0.2) is 78.1 Å². The normalized spacial score (nSPS) is 25.2. The first kappa shape index (κ1) is 21.9. The third-order valence-corrected chi connectivity index (χ3v) is 8.78. The molecule has 0 aromatic carbocycles. The fraction of sp³-hybridized carbons (Fsp3) is 0.700. The van der Waals surface area contributed by atoms with Gasteiger partial charge in [0, 0.05) is 39.1 Å². The van der Waals surface area contributed by atoms with Crippen molar-refractivity contribution in [2.45, 2.75) is 50.8 Å². The van der Waals surface area contributed by atoms with Gasteiger partial charge in [0.05, 0.1) is 11.8 Å². The summed E-state index contributed by atoms with van der Waals surface area (Å²) in [6.45, 7) is 4.10. The number of carbonyl (C=O) groups is 3. The van der Waals surface area contributed by atoms with E-state index in [1.807, 2.05) is 0 Å². The molecule has 0 spiro atoms. The van der Waals surface area contributed by atoms with Crippen LogP contribution in [0.25, 0.3) is 0 Å². The molecule has 1 aliphatic carbocycles. The van der Waals surface area contributed by atoms with Crippen molar-refractivity contribution < 1.29 is 27.3 Å². The Labute approximate surface area is 181 Å². The molecule has 4 rings (SSSR count). The molecule has 3 heterocycles. The van der Waals surface area contributed by atoms with Gasteiger partial charge in [-0.05, 0) is 26.7 Å². The minimum atomic E-state index is -3.74. The molecular weight excluding hydrogens is 424 g/mol. The second-order valence-electron chi connectivity index (χ2n) is 8.51. The second kappa shape index (κ2) is 8.34. The number of hydrogen-bond acceptors (Lipinski definition) is 7. The number of carbonyl (C=O) groups excluding carboxylic acids is 3. The quantitative estimate of drug-likeness (QED) is 0.603. The standard InChI is InChI=1S/C20H28N4O6S/c1-13-18(14(2)30-21-13)31(28,29)23-11-9-22(10-12-23)17(25)7-8-24-19(26)15-5-3-4-6-16(15)20(24)27/h15-16H,3-12H2,1-2H3. The van der Waals surface area contributed by atoms with Crippen LogP contribution in [0.5, 0.6) is 0 Å². The van der Waals surface area contributed by atoms with E-state index in [0.29, 0.717) is 5.69 Å². The Morgan fingerprint density at radius 1 is 1.03 bits per heavy atom. The van der Waals surface area contributed by atoms with Gasteiger partial charge in [0.25, 0.3) is 0 Å². The summed E-state index contributed by atoms with van der Waals surface area (Å²) in [5.41, 5.74) is 0.316. The molecule has 2 unspecified atom stereocenters. The molecule has 10 nitrogen and oxygen atoms in total. The third kappa shape index (κ3) is 3.89. The molecule has 1 saturated carbocycles. The summed E-state index contributed by atoms with van der Waals surface area (Å²) in [6, 6.07) is 0. The minimum Gasteiger partial charge on any atom is -0.360 e. The van der Waals surface area contributed by atoms with Crippen molar-refractivity contribution >= 4 is 27.7 Å². The van der Waals surface area contributed by atoms with Crippen LogP contribution in [0.2, 0.25) is 0 Å². The summed E-state index contributed by atoms with van der Waals surface area (Å²) < 4.78 is 32.1. The Morgan fingerprint density at radius 3 is 2.13 bits per heavy atom. The fourth-order valence-corrected chi connectivity index (χ4v) is 6.68. The molecular formula is C20H28N4O6S. The number of nitrogens with zero attached hydrogens (tertiary/aromatic N) is 4. The topological polar surface area (TPSA) is 121 Å². The van der Waals surface area contributed by atoms with Gasteiger partial charge in [-0.25, -0.2) is 8.42 Å². The largest absolute Gasteiger partial charge is 0.360 e. The van der Waals surface area contributed by atoms with Gasteiger partial charge in [0.15, 0.2) is 5.76 Å². The van der Waals surface area contributed by atoms with Crippen molar-refractivity contribution in [3.63, 3.8) is 0 Å². The maximum atomic E-state index is 12.9. The maximum absolute atomic E-state index is 12.9. The van der Waals surface area contributed by atoms with Gasteiger partial charge in [-0.2, -0.15) is 4.31 Å². The van der Waals surface area contributed by atoms with E-state index in [2.05, 4.69) is 5.16 Å². The summed E-state index contributed by atoms with van der Waals surface area (Å²) in [5, 5.41) is 3.72. The Hall–Kier alpha value is -2.27. The molecule has 1 aromatic heterocycles. The molecule has 3 aliphatic rings. The lowest BCUT2D eigenvalue weighted by atomic mass is 9.81. The first-order valence-electron chi connectivity index (χ1n) is 10.8. The molecule has 31 heavy (non-hydrogen) atoms. The Bertz CT molecular complexity index is 952.